The fraction of sp³-hybridized carbons (Fsp3) is 0.600. The van der Waals surface area contributed by atoms with E-state index in [1.54, 1.807) is 7.05 Å². The third kappa shape index (κ3) is 8.87. The van der Waals surface area contributed by atoms with Crippen LogP contribution < -0.4 is 10.6 Å². The van der Waals surface area contributed by atoms with Crippen LogP contribution in [0.3, 0.4) is 0 Å². The van der Waals surface area contributed by atoms with E-state index in [0.717, 1.165) is 49.1 Å². The van der Waals surface area contributed by atoms with E-state index in [-0.39, 0.29) is 29.9 Å². The third-order valence-electron chi connectivity index (χ3n) is 4.19. The van der Waals surface area contributed by atoms with Crippen molar-refractivity contribution in [3.8, 4) is 0 Å². The number of carbonyl (C=O) groups excluding carboxylic acids is 1. The molecule has 148 valence electrons. The van der Waals surface area contributed by atoms with Gasteiger partial charge in [0.25, 0.3) is 5.91 Å². The van der Waals surface area contributed by atoms with Crippen LogP contribution >= 0.6 is 24.0 Å². The van der Waals surface area contributed by atoms with Gasteiger partial charge in [-0.15, -0.1) is 24.0 Å². The number of aliphatic imine (C=N–C) groups is 1. The smallest absolute Gasteiger partial charge is 0.253 e. The number of halogens is 1. The molecule has 0 fully saturated rings. The van der Waals surface area contributed by atoms with Crippen molar-refractivity contribution in [2.45, 2.75) is 47.1 Å². The average Bonchev–Trinajstić information content (AvgIpc) is 2.62. The molecule has 0 heterocycles. The van der Waals surface area contributed by atoms with E-state index in [2.05, 4.69) is 29.5 Å². The molecule has 2 N–H and O–H groups in total. The van der Waals surface area contributed by atoms with Gasteiger partial charge in [0.05, 0.1) is 0 Å². The fourth-order valence-corrected chi connectivity index (χ4v) is 2.58. The first kappa shape index (κ1) is 24.7. The predicted molar refractivity (Wildman–Crippen MR) is 121 cm³/mol. The van der Waals surface area contributed by atoms with Gasteiger partial charge in [0, 0.05) is 38.8 Å². The second-order valence-electron chi connectivity index (χ2n) is 6.56. The van der Waals surface area contributed by atoms with Crippen molar-refractivity contribution in [1.29, 1.82) is 0 Å². The van der Waals surface area contributed by atoms with Crippen molar-refractivity contribution in [3.63, 3.8) is 0 Å². The molecular formula is C20H35IN4O. The quantitative estimate of drug-likeness (QED) is 0.247. The summed E-state index contributed by atoms with van der Waals surface area (Å²) in [6.45, 7) is 11.6. The molecular weight excluding hydrogens is 439 g/mol. The lowest BCUT2D eigenvalue weighted by molar-refractivity contribution is 0.0773. The Morgan fingerprint density at radius 3 is 2.23 bits per heavy atom. The number of hydrogen-bond donors (Lipinski definition) is 2. The lowest BCUT2D eigenvalue weighted by Crippen LogP contribution is -2.37. The number of hydrogen-bond acceptors (Lipinski definition) is 2. The van der Waals surface area contributed by atoms with E-state index in [9.17, 15) is 4.79 Å². The zero-order chi connectivity index (χ0) is 18.7. The van der Waals surface area contributed by atoms with E-state index in [1.165, 1.54) is 6.42 Å². The van der Waals surface area contributed by atoms with Crippen LogP contribution in [0.5, 0.6) is 0 Å². The normalized spacial score (nSPS) is 11.1. The van der Waals surface area contributed by atoms with Crippen molar-refractivity contribution in [1.82, 2.24) is 15.5 Å². The molecule has 0 saturated carbocycles. The Labute approximate surface area is 176 Å². The van der Waals surface area contributed by atoms with Crippen LogP contribution in [0.4, 0.5) is 0 Å². The summed E-state index contributed by atoms with van der Waals surface area (Å²) >= 11 is 0. The zero-order valence-electron chi connectivity index (χ0n) is 16.8. The molecule has 0 atom stereocenters. The second kappa shape index (κ2) is 13.8. The molecule has 1 rings (SSSR count). The number of nitrogens with zero attached hydrogens (tertiary/aromatic N) is 2. The molecule has 0 aliphatic carbocycles. The Kier molecular flexibility index (Phi) is 13.1. The molecule has 6 heteroatoms. The molecule has 26 heavy (non-hydrogen) atoms. The minimum Gasteiger partial charge on any atom is -0.356 e. The molecule has 5 nitrogen and oxygen atoms in total. The number of guanidine groups is 1. The topological polar surface area (TPSA) is 56.7 Å². The molecule has 0 aromatic heterocycles. The first-order valence-corrected chi connectivity index (χ1v) is 9.34. The number of amides is 1. The van der Waals surface area contributed by atoms with Crippen molar-refractivity contribution < 1.29 is 4.79 Å². The molecule has 1 amide bonds. The molecule has 0 unspecified atom stereocenters. The maximum Gasteiger partial charge on any atom is 0.253 e. The van der Waals surface area contributed by atoms with Gasteiger partial charge in [0.1, 0.15) is 0 Å². The Hall–Kier alpha value is -1.31. The standard InChI is InChI=1S/C20H34N4O.HI/c1-6-24(7-2)19(25)18-12-10-17(11-13-18)15-23-20(21-5)22-14-8-9-16(3)4;/h10-13,16H,6-9,14-15H2,1-5H3,(H2,21,22,23);1H. The van der Waals surface area contributed by atoms with E-state index in [4.69, 9.17) is 0 Å². The van der Waals surface area contributed by atoms with E-state index in [1.807, 2.05) is 43.0 Å². The first-order chi connectivity index (χ1) is 12.0. The third-order valence-corrected chi connectivity index (χ3v) is 4.19. The molecule has 1 aromatic carbocycles. The fourth-order valence-electron chi connectivity index (χ4n) is 2.58. The molecule has 0 aliphatic heterocycles. The summed E-state index contributed by atoms with van der Waals surface area (Å²) in [6.07, 6.45) is 2.35. The second-order valence-corrected chi connectivity index (χ2v) is 6.56. The van der Waals surface area contributed by atoms with Crippen molar-refractivity contribution in [2.24, 2.45) is 10.9 Å². The molecule has 0 spiro atoms. The van der Waals surface area contributed by atoms with Gasteiger partial charge in [-0.3, -0.25) is 9.79 Å². The number of carbonyl (C=O) groups is 1. The monoisotopic (exact) mass is 474 g/mol. The van der Waals surface area contributed by atoms with Crippen LogP contribution in [0.2, 0.25) is 0 Å². The Bertz CT molecular complexity index is 539. The van der Waals surface area contributed by atoms with E-state index < -0.39 is 0 Å². The highest BCUT2D eigenvalue weighted by Crippen LogP contribution is 2.08. The van der Waals surface area contributed by atoms with Gasteiger partial charge in [0.15, 0.2) is 5.96 Å². The minimum atomic E-state index is 0. The van der Waals surface area contributed by atoms with E-state index >= 15 is 0 Å². The van der Waals surface area contributed by atoms with Gasteiger partial charge in [-0.2, -0.15) is 0 Å². The lowest BCUT2D eigenvalue weighted by atomic mass is 10.1. The summed E-state index contributed by atoms with van der Waals surface area (Å²) in [5.41, 5.74) is 1.87. The molecule has 0 saturated heterocycles. The van der Waals surface area contributed by atoms with Gasteiger partial charge in [-0.1, -0.05) is 26.0 Å². The summed E-state index contributed by atoms with van der Waals surface area (Å²) in [5, 5.41) is 6.64. The van der Waals surface area contributed by atoms with Crippen LogP contribution in [-0.2, 0) is 6.54 Å². The molecule has 0 aliphatic rings. The number of rotatable bonds is 9. The summed E-state index contributed by atoms with van der Waals surface area (Å²) in [5.74, 6) is 1.63. The summed E-state index contributed by atoms with van der Waals surface area (Å²) in [7, 11) is 1.78. The van der Waals surface area contributed by atoms with Gasteiger partial charge in [-0.25, -0.2) is 0 Å². The van der Waals surface area contributed by atoms with Crippen molar-refractivity contribution in [3.05, 3.63) is 35.4 Å². The van der Waals surface area contributed by atoms with Crippen LogP contribution in [0, 0.1) is 5.92 Å². The predicted octanol–water partition coefficient (Wildman–Crippen LogP) is 3.89. The Morgan fingerprint density at radius 1 is 1.12 bits per heavy atom. The van der Waals surface area contributed by atoms with Crippen molar-refractivity contribution >= 4 is 35.8 Å². The van der Waals surface area contributed by atoms with Crippen LogP contribution in [0.15, 0.2) is 29.3 Å². The van der Waals surface area contributed by atoms with Crippen LogP contribution in [0.1, 0.15) is 56.5 Å². The average molecular weight is 474 g/mol. The lowest BCUT2D eigenvalue weighted by Gasteiger charge is -2.18. The Balaban J connectivity index is 0.00000625. The maximum absolute atomic E-state index is 12.3. The number of nitrogens with one attached hydrogen (secondary N) is 2. The number of benzene rings is 1. The molecule has 1 aromatic rings. The highest BCUT2D eigenvalue weighted by Gasteiger charge is 2.11. The van der Waals surface area contributed by atoms with Gasteiger partial charge >= 0.3 is 0 Å². The van der Waals surface area contributed by atoms with Crippen LogP contribution in [0.25, 0.3) is 0 Å². The van der Waals surface area contributed by atoms with Gasteiger partial charge < -0.3 is 15.5 Å². The van der Waals surface area contributed by atoms with Gasteiger partial charge in [-0.05, 0) is 50.3 Å². The van der Waals surface area contributed by atoms with E-state index in [0.29, 0.717) is 6.54 Å². The largest absolute Gasteiger partial charge is 0.356 e. The van der Waals surface area contributed by atoms with Crippen LogP contribution in [-0.4, -0.2) is 43.4 Å². The molecule has 0 bridgehead atoms. The first-order valence-electron chi connectivity index (χ1n) is 9.34. The zero-order valence-corrected chi connectivity index (χ0v) is 19.2. The highest BCUT2D eigenvalue weighted by atomic mass is 127. The Morgan fingerprint density at radius 2 is 1.73 bits per heavy atom. The summed E-state index contributed by atoms with van der Waals surface area (Å²) in [6, 6.07) is 7.79. The molecule has 0 radical (unpaired) electrons. The highest BCUT2D eigenvalue weighted by molar-refractivity contribution is 14.0. The minimum absolute atomic E-state index is 0. The SMILES string of the molecule is CCN(CC)C(=O)c1ccc(CNC(=NC)NCCCC(C)C)cc1.I. The summed E-state index contributed by atoms with van der Waals surface area (Å²) < 4.78 is 0. The summed E-state index contributed by atoms with van der Waals surface area (Å²) in [4.78, 5) is 18.4. The van der Waals surface area contributed by atoms with Crippen molar-refractivity contribution in [2.75, 3.05) is 26.7 Å². The van der Waals surface area contributed by atoms with Gasteiger partial charge in [0.2, 0.25) is 0 Å². The maximum atomic E-state index is 12.3.